The molecule has 6 heterocycles. The van der Waals surface area contributed by atoms with Crippen molar-refractivity contribution in [1.82, 2.24) is 39.4 Å². The number of nitrogen functional groups attached to an aromatic ring is 1. The maximum Gasteiger partial charge on any atom is 0.234 e. The molecule has 6 aromatic rings. The third-order valence-electron chi connectivity index (χ3n) is 7.61. The van der Waals surface area contributed by atoms with Gasteiger partial charge in [0.05, 0.1) is 23.1 Å². The number of benzene rings is 1. The van der Waals surface area contributed by atoms with Crippen molar-refractivity contribution in [3.8, 4) is 34.5 Å². The monoisotopic (exact) mass is 583 g/mol. The van der Waals surface area contributed by atoms with Gasteiger partial charge >= 0.3 is 0 Å². The maximum atomic E-state index is 13.5. The van der Waals surface area contributed by atoms with Crippen molar-refractivity contribution < 1.29 is 4.39 Å². The van der Waals surface area contributed by atoms with E-state index in [2.05, 4.69) is 54.0 Å². The second kappa shape index (κ2) is 11.5. The van der Waals surface area contributed by atoms with Crippen LogP contribution in [0.15, 0.2) is 85.3 Å². The summed E-state index contributed by atoms with van der Waals surface area (Å²) < 4.78 is 15.5. The van der Waals surface area contributed by atoms with E-state index < -0.39 is 5.82 Å². The Kier molecular flexibility index (Phi) is 7.05. The molecule has 0 saturated carbocycles. The summed E-state index contributed by atoms with van der Waals surface area (Å²) in [6, 6.07) is 22.6. The highest BCUT2D eigenvalue weighted by atomic mass is 19.1. The molecule has 0 aliphatic carbocycles. The van der Waals surface area contributed by atoms with Gasteiger partial charge in [-0.2, -0.15) is 5.26 Å². The minimum atomic E-state index is -0.406. The second-order valence-electron chi connectivity index (χ2n) is 10.4. The van der Waals surface area contributed by atoms with Crippen LogP contribution in [0.25, 0.3) is 39.6 Å². The van der Waals surface area contributed by atoms with E-state index in [1.54, 1.807) is 18.5 Å². The molecule has 0 spiro atoms. The summed E-state index contributed by atoms with van der Waals surface area (Å²) in [5.41, 5.74) is 11.5. The molecule has 216 valence electrons. The first-order valence-electron chi connectivity index (χ1n) is 14.1. The van der Waals surface area contributed by atoms with Crippen LogP contribution in [0, 0.1) is 17.1 Å². The first kappa shape index (κ1) is 27.1. The molecule has 1 aliphatic rings. The van der Waals surface area contributed by atoms with Crippen LogP contribution in [-0.4, -0.2) is 65.5 Å². The van der Waals surface area contributed by atoms with Crippen molar-refractivity contribution in [2.24, 2.45) is 0 Å². The number of aromatic nitrogens is 7. The van der Waals surface area contributed by atoms with Crippen molar-refractivity contribution in [1.29, 1.82) is 5.26 Å². The Morgan fingerprint density at radius 2 is 1.64 bits per heavy atom. The Morgan fingerprint density at radius 1 is 0.818 bits per heavy atom. The summed E-state index contributed by atoms with van der Waals surface area (Å²) in [5.74, 6) is 1.55. The van der Waals surface area contributed by atoms with Gasteiger partial charge in [-0.1, -0.05) is 12.1 Å². The second-order valence-corrected chi connectivity index (χ2v) is 10.4. The summed E-state index contributed by atoms with van der Waals surface area (Å²) in [5, 5.41) is 9.12. The molecule has 0 atom stereocenters. The average Bonchev–Trinajstić information content (AvgIpc) is 3.44. The number of hydrogen-bond acceptors (Lipinski definition) is 10. The van der Waals surface area contributed by atoms with Crippen LogP contribution in [0.3, 0.4) is 0 Å². The van der Waals surface area contributed by atoms with Gasteiger partial charge in [0.25, 0.3) is 0 Å². The number of piperazine rings is 1. The SMILES string of the molecule is N#Cc1nccc(N2CCN(Cc3ccc(-n4c(-c5cccnc5N)nc5ccc(-c6ccc(F)cn6)nc54)cc3)CC2)n1. The zero-order valence-electron chi connectivity index (χ0n) is 23.5. The predicted molar refractivity (Wildman–Crippen MR) is 164 cm³/mol. The quantitative estimate of drug-likeness (QED) is 0.303. The van der Waals surface area contributed by atoms with E-state index in [0.29, 0.717) is 39.8 Å². The Labute approximate surface area is 252 Å². The lowest BCUT2D eigenvalue weighted by atomic mass is 10.1. The van der Waals surface area contributed by atoms with Gasteiger partial charge in [-0.15, -0.1) is 0 Å². The number of hydrogen-bond donors (Lipinski definition) is 1. The van der Waals surface area contributed by atoms with E-state index in [4.69, 9.17) is 21.0 Å². The Morgan fingerprint density at radius 3 is 2.39 bits per heavy atom. The topological polar surface area (TPSA) is 139 Å². The van der Waals surface area contributed by atoms with Gasteiger partial charge in [-0.25, -0.2) is 29.3 Å². The van der Waals surface area contributed by atoms with E-state index in [1.165, 1.54) is 17.8 Å². The molecule has 44 heavy (non-hydrogen) atoms. The van der Waals surface area contributed by atoms with Crippen LogP contribution >= 0.6 is 0 Å². The molecule has 2 N–H and O–H groups in total. The molecular weight excluding hydrogens is 557 g/mol. The summed E-state index contributed by atoms with van der Waals surface area (Å²) in [4.78, 5) is 31.2. The highest BCUT2D eigenvalue weighted by Gasteiger charge is 2.21. The molecule has 11 nitrogen and oxygen atoms in total. The van der Waals surface area contributed by atoms with Crippen LogP contribution in [0.1, 0.15) is 11.4 Å². The minimum Gasteiger partial charge on any atom is -0.383 e. The molecule has 5 aromatic heterocycles. The van der Waals surface area contributed by atoms with Crippen molar-refractivity contribution in [2.45, 2.75) is 6.54 Å². The van der Waals surface area contributed by atoms with Gasteiger partial charge in [-0.3, -0.25) is 14.5 Å². The van der Waals surface area contributed by atoms with Crippen LogP contribution in [0.2, 0.25) is 0 Å². The highest BCUT2D eigenvalue weighted by Crippen LogP contribution is 2.31. The van der Waals surface area contributed by atoms with Gasteiger partial charge in [0.15, 0.2) is 11.5 Å². The summed E-state index contributed by atoms with van der Waals surface area (Å²) in [6.45, 7) is 4.16. The van der Waals surface area contributed by atoms with Gasteiger partial charge in [0.1, 0.15) is 29.0 Å². The normalized spacial score (nSPS) is 13.7. The van der Waals surface area contributed by atoms with E-state index in [0.717, 1.165) is 44.2 Å². The first-order valence-corrected chi connectivity index (χ1v) is 14.1. The number of fused-ring (bicyclic) bond motifs is 1. The lowest BCUT2D eigenvalue weighted by Gasteiger charge is -2.35. The van der Waals surface area contributed by atoms with Crippen LogP contribution in [0.5, 0.6) is 0 Å². The Hall–Kier alpha value is -5.80. The van der Waals surface area contributed by atoms with Crippen LogP contribution in [-0.2, 0) is 6.54 Å². The van der Waals surface area contributed by atoms with Crippen LogP contribution < -0.4 is 10.6 Å². The molecule has 0 bridgehead atoms. The van der Waals surface area contributed by atoms with E-state index in [-0.39, 0.29) is 5.82 Å². The van der Waals surface area contributed by atoms with Gasteiger partial charge in [0, 0.05) is 50.8 Å². The van der Waals surface area contributed by atoms with Gasteiger partial charge < -0.3 is 10.6 Å². The fourth-order valence-corrected chi connectivity index (χ4v) is 5.38. The number of anilines is 2. The standard InChI is InChI=1S/C32H26FN11/c33-22-5-8-25(38-19-22)26-9-10-27-32(39-26)44(31(40-27)24-2-1-12-37-30(24)35)23-6-3-21(4-7-23)20-42-14-16-43(17-15-42)29-11-13-36-28(18-34)41-29/h1-13,19H,14-17,20H2,(H2,35,37). The molecule has 0 unspecified atom stereocenters. The Balaban J connectivity index is 1.17. The minimum absolute atomic E-state index is 0.184. The average molecular weight is 584 g/mol. The van der Waals surface area contributed by atoms with E-state index in [1.807, 2.05) is 41.0 Å². The third-order valence-corrected chi connectivity index (χ3v) is 7.61. The number of pyridine rings is 3. The number of nitrogens with two attached hydrogens (primary N) is 1. The lowest BCUT2D eigenvalue weighted by molar-refractivity contribution is 0.249. The zero-order chi connectivity index (χ0) is 30.0. The zero-order valence-corrected chi connectivity index (χ0v) is 23.5. The number of nitriles is 1. The van der Waals surface area contributed by atoms with E-state index >= 15 is 0 Å². The fourth-order valence-electron chi connectivity index (χ4n) is 5.38. The number of halogens is 1. The Bertz CT molecular complexity index is 1990. The molecule has 0 amide bonds. The molecule has 1 saturated heterocycles. The molecular formula is C32H26FN11. The largest absolute Gasteiger partial charge is 0.383 e. The smallest absolute Gasteiger partial charge is 0.234 e. The van der Waals surface area contributed by atoms with Gasteiger partial charge in [-0.05, 0) is 60.2 Å². The van der Waals surface area contributed by atoms with Gasteiger partial charge in [0.2, 0.25) is 5.82 Å². The highest BCUT2D eigenvalue weighted by molar-refractivity contribution is 5.84. The number of rotatable bonds is 6. The molecule has 12 heteroatoms. The van der Waals surface area contributed by atoms with Crippen LogP contribution in [0.4, 0.5) is 16.0 Å². The van der Waals surface area contributed by atoms with Crippen molar-refractivity contribution in [2.75, 3.05) is 36.8 Å². The predicted octanol–water partition coefficient (Wildman–Crippen LogP) is 4.25. The number of nitrogens with zero attached hydrogens (tertiary/aromatic N) is 10. The summed E-state index contributed by atoms with van der Waals surface area (Å²) in [6.07, 6.45) is 4.45. The molecule has 1 aliphatic heterocycles. The lowest BCUT2D eigenvalue weighted by Crippen LogP contribution is -2.46. The van der Waals surface area contributed by atoms with E-state index in [9.17, 15) is 4.39 Å². The van der Waals surface area contributed by atoms with Crippen molar-refractivity contribution >= 4 is 22.8 Å². The third kappa shape index (κ3) is 5.28. The summed E-state index contributed by atoms with van der Waals surface area (Å²) in [7, 11) is 0. The summed E-state index contributed by atoms with van der Waals surface area (Å²) >= 11 is 0. The fraction of sp³-hybridized carbons (Fsp3) is 0.156. The molecule has 1 aromatic carbocycles. The van der Waals surface area contributed by atoms with Crippen molar-refractivity contribution in [3.63, 3.8) is 0 Å². The van der Waals surface area contributed by atoms with Crippen molar-refractivity contribution in [3.05, 3.63) is 103 Å². The molecule has 7 rings (SSSR count). The molecule has 0 radical (unpaired) electrons. The molecule has 1 fully saturated rings. The first-order chi connectivity index (χ1) is 21.6. The maximum absolute atomic E-state index is 13.5. The number of imidazole rings is 1.